The van der Waals surface area contributed by atoms with Gasteiger partial charge in [-0.25, -0.2) is 0 Å². The number of hydrogen-bond donors (Lipinski definition) is 3. The number of rotatable bonds is 6. The van der Waals surface area contributed by atoms with E-state index in [1.165, 1.54) is 37.7 Å². The van der Waals surface area contributed by atoms with E-state index in [1.54, 1.807) is 0 Å². The normalized spacial score (nSPS) is 31.4. The van der Waals surface area contributed by atoms with Crippen LogP contribution in [0.5, 0.6) is 0 Å². The molecule has 0 aromatic heterocycles. The minimum absolute atomic E-state index is 0.195. The SMILES string of the molecule is N[C@@H](Cc1ccccc1)[C@H](O)CNC12CCC(CC1)C2. The molecule has 3 heteroatoms. The summed E-state index contributed by atoms with van der Waals surface area (Å²) in [5.74, 6) is 0.928. The Kier molecular flexibility index (Phi) is 4.11. The van der Waals surface area contributed by atoms with Gasteiger partial charge in [-0.1, -0.05) is 30.3 Å². The summed E-state index contributed by atoms with van der Waals surface area (Å²) in [6, 6.07) is 9.98. The third-order valence-corrected chi connectivity index (χ3v) is 5.24. The fraction of sp³-hybridized carbons (Fsp3) is 0.647. The largest absolute Gasteiger partial charge is 0.390 e. The van der Waals surface area contributed by atoms with E-state index < -0.39 is 6.10 Å². The van der Waals surface area contributed by atoms with Gasteiger partial charge in [0.15, 0.2) is 0 Å². The van der Waals surface area contributed by atoms with Gasteiger partial charge in [-0.3, -0.25) is 0 Å². The van der Waals surface area contributed by atoms with E-state index in [2.05, 4.69) is 17.4 Å². The molecule has 20 heavy (non-hydrogen) atoms. The molecule has 2 atom stereocenters. The Labute approximate surface area is 121 Å². The molecule has 1 aromatic rings. The van der Waals surface area contributed by atoms with Crippen molar-refractivity contribution in [3.63, 3.8) is 0 Å². The van der Waals surface area contributed by atoms with E-state index in [4.69, 9.17) is 5.73 Å². The van der Waals surface area contributed by atoms with Crippen LogP contribution in [0.1, 0.15) is 37.7 Å². The first-order chi connectivity index (χ1) is 9.67. The van der Waals surface area contributed by atoms with Crippen LogP contribution >= 0.6 is 0 Å². The van der Waals surface area contributed by atoms with Crippen molar-refractivity contribution in [3.05, 3.63) is 35.9 Å². The number of β-amino-alcohol motifs (C(OH)–C–C–N with tert-alkyl or cyclic N) is 1. The number of hydrogen-bond acceptors (Lipinski definition) is 3. The van der Waals surface area contributed by atoms with Crippen LogP contribution in [0, 0.1) is 5.92 Å². The van der Waals surface area contributed by atoms with E-state index in [0.717, 1.165) is 12.3 Å². The van der Waals surface area contributed by atoms with E-state index in [9.17, 15) is 5.11 Å². The molecular formula is C17H26N2O. The first kappa shape index (κ1) is 14.1. The number of aliphatic hydroxyl groups is 1. The Balaban J connectivity index is 1.48. The Bertz CT molecular complexity index is 426. The molecule has 0 spiro atoms. The summed E-state index contributed by atoms with van der Waals surface area (Å²) in [4.78, 5) is 0. The maximum absolute atomic E-state index is 10.3. The van der Waals surface area contributed by atoms with E-state index in [1.807, 2.05) is 18.2 Å². The summed E-state index contributed by atoms with van der Waals surface area (Å²) in [5.41, 5.74) is 7.65. The zero-order valence-electron chi connectivity index (χ0n) is 12.1. The Morgan fingerprint density at radius 2 is 1.95 bits per heavy atom. The average molecular weight is 274 g/mol. The standard InChI is InChI=1S/C17H26N2O/c18-15(10-13-4-2-1-3-5-13)16(20)12-19-17-8-6-14(11-17)7-9-17/h1-5,14-16,19-20H,6-12,18H2/t14?,15-,16+,17?/m0/s1. The molecule has 2 aliphatic rings. The van der Waals surface area contributed by atoms with Crippen molar-refractivity contribution in [2.24, 2.45) is 11.7 Å². The molecule has 2 fully saturated rings. The van der Waals surface area contributed by atoms with Crippen molar-refractivity contribution in [2.75, 3.05) is 6.54 Å². The highest BCUT2D eigenvalue weighted by Gasteiger charge is 2.44. The van der Waals surface area contributed by atoms with Gasteiger partial charge in [0.05, 0.1) is 6.10 Å². The molecule has 0 saturated heterocycles. The van der Waals surface area contributed by atoms with Crippen molar-refractivity contribution in [1.82, 2.24) is 5.32 Å². The maximum atomic E-state index is 10.3. The smallest absolute Gasteiger partial charge is 0.0818 e. The number of aliphatic hydroxyl groups excluding tert-OH is 1. The molecule has 3 nitrogen and oxygen atoms in total. The summed E-state index contributed by atoms with van der Waals surface area (Å²) < 4.78 is 0. The highest BCUT2D eigenvalue weighted by atomic mass is 16.3. The molecule has 0 aliphatic heterocycles. The fourth-order valence-corrected chi connectivity index (χ4v) is 3.93. The zero-order valence-corrected chi connectivity index (χ0v) is 12.1. The van der Waals surface area contributed by atoms with Gasteiger partial charge in [0.2, 0.25) is 0 Å². The summed E-state index contributed by atoms with van der Waals surface area (Å²) in [6.45, 7) is 0.626. The van der Waals surface area contributed by atoms with Crippen molar-refractivity contribution >= 4 is 0 Å². The van der Waals surface area contributed by atoms with E-state index in [0.29, 0.717) is 12.1 Å². The lowest BCUT2D eigenvalue weighted by atomic mass is 9.93. The van der Waals surface area contributed by atoms with Gasteiger partial charge in [0.1, 0.15) is 0 Å². The fourth-order valence-electron chi connectivity index (χ4n) is 3.93. The molecule has 1 aromatic carbocycles. The minimum atomic E-state index is -0.468. The Morgan fingerprint density at radius 1 is 1.25 bits per heavy atom. The van der Waals surface area contributed by atoms with Crippen LogP contribution in [0.15, 0.2) is 30.3 Å². The van der Waals surface area contributed by atoms with Crippen LogP contribution in [0.2, 0.25) is 0 Å². The van der Waals surface area contributed by atoms with Crippen molar-refractivity contribution < 1.29 is 5.11 Å². The zero-order chi connectivity index (χ0) is 14.0. The molecule has 0 radical (unpaired) electrons. The van der Waals surface area contributed by atoms with Crippen LogP contribution in [0.25, 0.3) is 0 Å². The molecule has 0 heterocycles. The quantitative estimate of drug-likeness (QED) is 0.742. The van der Waals surface area contributed by atoms with Crippen LogP contribution in [-0.2, 0) is 6.42 Å². The highest BCUT2D eigenvalue weighted by molar-refractivity contribution is 5.16. The Morgan fingerprint density at radius 3 is 2.55 bits per heavy atom. The van der Waals surface area contributed by atoms with Gasteiger partial charge in [-0.05, 0) is 50.0 Å². The number of nitrogens with one attached hydrogen (secondary N) is 1. The minimum Gasteiger partial charge on any atom is -0.390 e. The lowest BCUT2D eigenvalue weighted by molar-refractivity contribution is 0.127. The Hall–Kier alpha value is -0.900. The molecule has 4 N–H and O–H groups in total. The maximum Gasteiger partial charge on any atom is 0.0818 e. The van der Waals surface area contributed by atoms with Crippen molar-refractivity contribution in [1.29, 1.82) is 0 Å². The summed E-state index contributed by atoms with van der Waals surface area (Å²) in [6.07, 6.45) is 6.84. The van der Waals surface area contributed by atoms with Gasteiger partial charge in [0.25, 0.3) is 0 Å². The van der Waals surface area contributed by atoms with Crippen LogP contribution in [0.3, 0.4) is 0 Å². The molecule has 3 rings (SSSR count). The van der Waals surface area contributed by atoms with Crippen molar-refractivity contribution in [2.45, 2.75) is 56.2 Å². The predicted molar refractivity (Wildman–Crippen MR) is 81.4 cm³/mol. The third-order valence-electron chi connectivity index (χ3n) is 5.24. The topological polar surface area (TPSA) is 58.3 Å². The molecule has 0 amide bonds. The molecule has 2 saturated carbocycles. The molecule has 2 aliphatic carbocycles. The van der Waals surface area contributed by atoms with Gasteiger partial charge in [0, 0.05) is 18.1 Å². The first-order valence-corrected chi connectivity index (χ1v) is 7.89. The number of benzene rings is 1. The molecular weight excluding hydrogens is 248 g/mol. The second kappa shape index (κ2) is 5.84. The molecule has 2 bridgehead atoms. The van der Waals surface area contributed by atoms with E-state index in [-0.39, 0.29) is 6.04 Å². The van der Waals surface area contributed by atoms with Crippen LogP contribution < -0.4 is 11.1 Å². The second-order valence-corrected chi connectivity index (χ2v) is 6.73. The second-order valence-electron chi connectivity index (χ2n) is 6.73. The van der Waals surface area contributed by atoms with Gasteiger partial charge < -0.3 is 16.2 Å². The summed E-state index contributed by atoms with van der Waals surface area (Å²) in [7, 11) is 0. The van der Waals surface area contributed by atoms with Crippen molar-refractivity contribution in [3.8, 4) is 0 Å². The third kappa shape index (κ3) is 3.05. The van der Waals surface area contributed by atoms with Crippen LogP contribution in [-0.4, -0.2) is 29.3 Å². The first-order valence-electron chi connectivity index (χ1n) is 7.89. The average Bonchev–Trinajstić information content (AvgIpc) is 3.07. The molecule has 0 unspecified atom stereocenters. The highest BCUT2D eigenvalue weighted by Crippen LogP contribution is 2.47. The lowest BCUT2D eigenvalue weighted by Crippen LogP contribution is -2.50. The monoisotopic (exact) mass is 274 g/mol. The molecule has 110 valence electrons. The van der Waals surface area contributed by atoms with E-state index >= 15 is 0 Å². The van der Waals surface area contributed by atoms with Gasteiger partial charge >= 0.3 is 0 Å². The lowest BCUT2D eigenvalue weighted by Gasteiger charge is -2.30. The summed E-state index contributed by atoms with van der Waals surface area (Å²) >= 11 is 0. The van der Waals surface area contributed by atoms with Gasteiger partial charge in [-0.2, -0.15) is 0 Å². The van der Waals surface area contributed by atoms with Gasteiger partial charge in [-0.15, -0.1) is 0 Å². The number of fused-ring (bicyclic) bond motifs is 2. The van der Waals surface area contributed by atoms with Crippen LogP contribution in [0.4, 0.5) is 0 Å². The summed E-state index contributed by atoms with van der Waals surface area (Å²) in [5, 5.41) is 13.9. The number of nitrogens with two attached hydrogens (primary N) is 1. The predicted octanol–water partition coefficient (Wildman–Crippen LogP) is 1.84.